The molecule has 4 rings (SSSR count). The minimum atomic E-state index is -0.483. The van der Waals surface area contributed by atoms with Gasteiger partial charge in [0.1, 0.15) is 11.5 Å². The number of hydrogen-bond acceptors (Lipinski definition) is 2. The molecule has 0 radical (unpaired) electrons. The number of alkyl halides is 1. The zero-order valence-corrected chi connectivity index (χ0v) is 27.9. The van der Waals surface area contributed by atoms with Crippen molar-refractivity contribution in [1.29, 1.82) is 0 Å². The molecule has 0 amide bonds. The molecule has 2 nitrogen and oxygen atoms in total. The van der Waals surface area contributed by atoms with E-state index in [-0.39, 0.29) is 12.1 Å². The SMILES string of the molecule is CCCCCCCCC(Cl)C(=O)O[C@H]1CC[C@@]2(C)C(=CC[C@H]3[C@@H]4CC[C@H]([C@H](C)CCCC(C)C)[C@@]4(C)CC[C@@H]32)C1. The number of carbonyl (C=O) groups is 1. The van der Waals surface area contributed by atoms with Gasteiger partial charge in [-0.1, -0.05) is 111 Å². The maximum absolute atomic E-state index is 12.8. The smallest absolute Gasteiger partial charge is 0.324 e. The van der Waals surface area contributed by atoms with Gasteiger partial charge in [-0.25, -0.2) is 0 Å². The molecule has 0 N–H and O–H groups in total. The summed E-state index contributed by atoms with van der Waals surface area (Å²) < 4.78 is 6.04. The Bertz CT molecular complexity index is 849. The van der Waals surface area contributed by atoms with Crippen LogP contribution in [0.15, 0.2) is 11.6 Å². The number of fused-ring (bicyclic) bond motifs is 5. The third-order valence-electron chi connectivity index (χ3n) is 12.6. The lowest BCUT2D eigenvalue weighted by molar-refractivity contribution is -0.151. The number of esters is 1. The van der Waals surface area contributed by atoms with Crippen LogP contribution in [0.4, 0.5) is 0 Å². The highest BCUT2D eigenvalue weighted by Gasteiger charge is 2.59. The second kappa shape index (κ2) is 14.3. The molecule has 0 heterocycles. The van der Waals surface area contributed by atoms with Gasteiger partial charge in [-0.3, -0.25) is 4.79 Å². The van der Waals surface area contributed by atoms with Gasteiger partial charge in [-0.2, -0.15) is 0 Å². The number of unbranched alkanes of at least 4 members (excludes halogenated alkanes) is 5. The second-order valence-electron chi connectivity index (χ2n) is 15.6. The molecule has 3 fully saturated rings. The van der Waals surface area contributed by atoms with Gasteiger partial charge in [0.15, 0.2) is 0 Å². The Labute approximate surface area is 253 Å². The van der Waals surface area contributed by atoms with Gasteiger partial charge in [-0.15, -0.1) is 11.6 Å². The third-order valence-corrected chi connectivity index (χ3v) is 13.0. The number of ether oxygens (including phenoxy) is 1. The Morgan fingerprint density at radius 1 is 0.925 bits per heavy atom. The molecular formula is C37H63ClO2. The molecule has 1 unspecified atom stereocenters. The highest BCUT2D eigenvalue weighted by molar-refractivity contribution is 6.29. The summed E-state index contributed by atoms with van der Waals surface area (Å²) in [6.07, 6.45) is 25.0. The lowest BCUT2D eigenvalue weighted by Crippen LogP contribution is -2.51. The van der Waals surface area contributed by atoms with Crippen LogP contribution in [-0.4, -0.2) is 17.5 Å². The summed E-state index contributed by atoms with van der Waals surface area (Å²) in [5.74, 6) is 5.00. The standard InChI is InChI=1S/C37H63ClO2/c1-7-8-9-10-11-12-16-34(38)35(39)40-29-21-23-36(5)28(25-29)17-18-30-32-20-19-31(27(4)15-13-14-26(2)3)37(32,6)24-22-33(30)36/h17,26-27,29-34H,7-16,18-25H2,1-6H3/t27-,29+,30+,31-,32+,33+,34?,36+,37-/m1/s1. The summed E-state index contributed by atoms with van der Waals surface area (Å²) in [5, 5.41) is -0.483. The minimum absolute atomic E-state index is 0.0191. The molecule has 9 atom stereocenters. The quantitative estimate of drug-likeness (QED) is 0.0892. The highest BCUT2D eigenvalue weighted by Crippen LogP contribution is 2.67. The van der Waals surface area contributed by atoms with Crippen LogP contribution in [-0.2, 0) is 9.53 Å². The molecule has 3 saturated carbocycles. The van der Waals surface area contributed by atoms with Crippen LogP contribution < -0.4 is 0 Å². The van der Waals surface area contributed by atoms with Gasteiger partial charge in [0.05, 0.1) is 0 Å². The van der Waals surface area contributed by atoms with Crippen LogP contribution in [0.1, 0.15) is 157 Å². The van der Waals surface area contributed by atoms with Crippen molar-refractivity contribution in [3.8, 4) is 0 Å². The van der Waals surface area contributed by atoms with Crippen LogP contribution in [0.2, 0.25) is 0 Å². The Balaban J connectivity index is 1.31. The van der Waals surface area contributed by atoms with Gasteiger partial charge in [0, 0.05) is 6.42 Å². The number of rotatable bonds is 14. The van der Waals surface area contributed by atoms with Crippen molar-refractivity contribution in [3.63, 3.8) is 0 Å². The van der Waals surface area contributed by atoms with Gasteiger partial charge in [0.25, 0.3) is 0 Å². The molecule has 4 aliphatic carbocycles. The number of halogens is 1. The van der Waals surface area contributed by atoms with E-state index in [9.17, 15) is 4.79 Å². The van der Waals surface area contributed by atoms with Crippen LogP contribution in [0.3, 0.4) is 0 Å². The lowest BCUT2D eigenvalue weighted by atomic mass is 9.47. The molecule has 4 aliphatic rings. The first-order valence-electron chi connectivity index (χ1n) is 17.6. The average molecular weight is 575 g/mol. The zero-order chi connectivity index (χ0) is 28.9. The molecule has 230 valence electrons. The van der Waals surface area contributed by atoms with E-state index in [0.717, 1.165) is 61.2 Å². The number of carbonyl (C=O) groups excluding carboxylic acids is 1. The molecule has 0 saturated heterocycles. The predicted molar refractivity (Wildman–Crippen MR) is 171 cm³/mol. The molecule has 3 heteroatoms. The van der Waals surface area contributed by atoms with Crippen molar-refractivity contribution >= 4 is 17.6 Å². The van der Waals surface area contributed by atoms with Crippen molar-refractivity contribution in [3.05, 3.63) is 11.6 Å². The minimum Gasteiger partial charge on any atom is -0.461 e. The first-order valence-corrected chi connectivity index (χ1v) is 18.1. The zero-order valence-electron chi connectivity index (χ0n) is 27.1. The van der Waals surface area contributed by atoms with Crippen LogP contribution in [0.25, 0.3) is 0 Å². The largest absolute Gasteiger partial charge is 0.461 e. The fraction of sp³-hybridized carbons (Fsp3) is 0.919. The summed E-state index contributed by atoms with van der Waals surface area (Å²) in [6, 6.07) is 0. The Hall–Kier alpha value is -0.500. The molecule has 0 aromatic rings. The predicted octanol–water partition coefficient (Wildman–Crippen LogP) is 11.3. The van der Waals surface area contributed by atoms with Gasteiger partial charge >= 0.3 is 5.97 Å². The Kier molecular flexibility index (Phi) is 11.6. The van der Waals surface area contributed by atoms with Gasteiger partial charge < -0.3 is 4.74 Å². The molecule has 0 aromatic heterocycles. The Morgan fingerprint density at radius 3 is 2.42 bits per heavy atom. The van der Waals surface area contributed by atoms with E-state index >= 15 is 0 Å². The van der Waals surface area contributed by atoms with Crippen molar-refractivity contribution < 1.29 is 9.53 Å². The highest BCUT2D eigenvalue weighted by atomic mass is 35.5. The first kappa shape index (κ1) is 32.4. The lowest BCUT2D eigenvalue weighted by Gasteiger charge is -2.58. The molecule has 0 aliphatic heterocycles. The van der Waals surface area contributed by atoms with Crippen molar-refractivity contribution in [2.75, 3.05) is 0 Å². The van der Waals surface area contributed by atoms with Crippen molar-refractivity contribution in [1.82, 2.24) is 0 Å². The normalized spacial score (nSPS) is 36.8. The molecule has 40 heavy (non-hydrogen) atoms. The Morgan fingerprint density at radius 2 is 1.68 bits per heavy atom. The maximum atomic E-state index is 12.8. The molecule has 0 aromatic carbocycles. The van der Waals surface area contributed by atoms with E-state index in [1.54, 1.807) is 5.57 Å². The van der Waals surface area contributed by atoms with E-state index in [1.807, 2.05) is 0 Å². The van der Waals surface area contributed by atoms with Gasteiger partial charge in [-0.05, 0) is 97.7 Å². The molecule has 0 spiro atoms. The van der Waals surface area contributed by atoms with Crippen LogP contribution >= 0.6 is 11.6 Å². The average Bonchev–Trinajstić information content (AvgIpc) is 3.27. The van der Waals surface area contributed by atoms with Gasteiger partial charge in [0.2, 0.25) is 0 Å². The first-order chi connectivity index (χ1) is 19.1. The van der Waals surface area contributed by atoms with Crippen molar-refractivity contribution in [2.24, 2.45) is 46.3 Å². The third kappa shape index (κ3) is 7.17. The van der Waals surface area contributed by atoms with Crippen molar-refractivity contribution in [2.45, 2.75) is 169 Å². The topological polar surface area (TPSA) is 26.3 Å². The molecule has 0 bridgehead atoms. The fourth-order valence-corrected chi connectivity index (χ4v) is 10.4. The van der Waals surface area contributed by atoms with E-state index < -0.39 is 5.38 Å². The maximum Gasteiger partial charge on any atom is 0.324 e. The van der Waals surface area contributed by atoms with E-state index in [0.29, 0.717) is 10.8 Å². The summed E-state index contributed by atoms with van der Waals surface area (Å²) in [6.45, 7) is 14.8. The number of allylic oxidation sites excluding steroid dienone is 1. The van der Waals surface area contributed by atoms with E-state index in [2.05, 4.69) is 47.6 Å². The fourth-order valence-electron chi connectivity index (χ4n) is 10.2. The molecular weight excluding hydrogens is 512 g/mol. The summed E-state index contributed by atoms with van der Waals surface area (Å²) in [7, 11) is 0. The van der Waals surface area contributed by atoms with E-state index in [4.69, 9.17) is 16.3 Å². The monoisotopic (exact) mass is 574 g/mol. The summed E-state index contributed by atoms with van der Waals surface area (Å²) >= 11 is 6.50. The number of hydrogen-bond donors (Lipinski definition) is 0. The summed E-state index contributed by atoms with van der Waals surface area (Å²) in [5.41, 5.74) is 2.44. The van der Waals surface area contributed by atoms with Crippen LogP contribution in [0.5, 0.6) is 0 Å². The summed E-state index contributed by atoms with van der Waals surface area (Å²) in [4.78, 5) is 12.8. The second-order valence-corrected chi connectivity index (χ2v) is 16.1. The van der Waals surface area contributed by atoms with E-state index in [1.165, 1.54) is 89.9 Å². The van der Waals surface area contributed by atoms with Crippen LogP contribution in [0, 0.1) is 46.3 Å².